The highest BCUT2D eigenvalue weighted by Gasteiger charge is 2.21. The average Bonchev–Trinajstić information content (AvgIpc) is 3.41. The maximum absolute atomic E-state index is 12.3. The normalized spacial score (nSPS) is 11.8. The van der Waals surface area contributed by atoms with E-state index >= 15 is 0 Å². The lowest BCUT2D eigenvalue weighted by molar-refractivity contribution is -0.142. The second kappa shape index (κ2) is 54.8. The zero-order chi connectivity index (χ0) is 58.2. The summed E-state index contributed by atoms with van der Waals surface area (Å²) >= 11 is 0. The molecule has 0 rings (SSSR count). The van der Waals surface area contributed by atoms with Gasteiger partial charge in [0.2, 0.25) is 35.4 Å². The Kier molecular flexibility index (Phi) is 51.2. The van der Waals surface area contributed by atoms with Crippen molar-refractivity contribution >= 4 is 53.4 Å². The van der Waals surface area contributed by atoms with Gasteiger partial charge in [0.05, 0.1) is 79.3 Å². The van der Waals surface area contributed by atoms with Gasteiger partial charge in [0.15, 0.2) is 0 Å². The number of nitrogens with one attached hydrogen (secondary N) is 7. The Balaban J connectivity index is 3.58. The van der Waals surface area contributed by atoms with Gasteiger partial charge in [0.25, 0.3) is 0 Å². The van der Waals surface area contributed by atoms with Crippen LogP contribution in [0, 0.1) is 0 Å². The number of carbonyl (C=O) groups excluding carboxylic acids is 6. The SMILES string of the molecule is NN[C@@H](CCCCNC(=O)COCCOCCNC(=O)COCCOCCNC(=O)COCCOCCNC(=O)COCCOCCNC(=O)CC[C@H](NC(=O)CCCCCCCCCCCCCCC(=O)O)C(=O)O)C(=O)O. The number of amides is 6. The second-order valence-electron chi connectivity index (χ2n) is 18.1. The van der Waals surface area contributed by atoms with Gasteiger partial charge in [0, 0.05) is 52.0 Å². The Bertz CT molecular complexity index is 1640. The van der Waals surface area contributed by atoms with Gasteiger partial charge in [-0.3, -0.25) is 44.2 Å². The van der Waals surface area contributed by atoms with Crippen molar-refractivity contribution in [2.24, 2.45) is 5.84 Å². The van der Waals surface area contributed by atoms with Crippen LogP contribution in [0.1, 0.15) is 122 Å². The van der Waals surface area contributed by atoms with Crippen molar-refractivity contribution in [2.75, 3.05) is 138 Å². The molecular weight excluding hydrogens is 1040 g/mol. The van der Waals surface area contributed by atoms with E-state index in [1.54, 1.807) is 0 Å². The smallest absolute Gasteiger partial charge is 0.326 e. The maximum atomic E-state index is 12.3. The van der Waals surface area contributed by atoms with Gasteiger partial charge in [0.1, 0.15) is 38.5 Å². The lowest BCUT2D eigenvalue weighted by Gasteiger charge is -2.14. The Morgan fingerprint density at radius 1 is 0.316 bits per heavy atom. The summed E-state index contributed by atoms with van der Waals surface area (Å²) in [4.78, 5) is 105. The van der Waals surface area contributed by atoms with Crippen molar-refractivity contribution < 1.29 is 96.4 Å². The molecule has 6 amide bonds. The van der Waals surface area contributed by atoms with Gasteiger partial charge in [-0.15, -0.1) is 0 Å². The number of carbonyl (C=O) groups is 9. The van der Waals surface area contributed by atoms with E-state index in [4.69, 9.17) is 54.0 Å². The first-order valence-corrected chi connectivity index (χ1v) is 27.6. The fourth-order valence-electron chi connectivity index (χ4n) is 6.99. The predicted molar refractivity (Wildman–Crippen MR) is 285 cm³/mol. The highest BCUT2D eigenvalue weighted by molar-refractivity contribution is 5.84. The summed E-state index contributed by atoms with van der Waals surface area (Å²) in [5.41, 5.74) is 2.22. The van der Waals surface area contributed by atoms with Gasteiger partial charge in [-0.1, -0.05) is 64.2 Å². The molecule has 0 spiro atoms. The molecule has 0 aliphatic heterocycles. The summed E-state index contributed by atoms with van der Waals surface area (Å²) in [5, 5.41) is 42.9. The highest BCUT2D eigenvalue weighted by atomic mass is 16.5. The summed E-state index contributed by atoms with van der Waals surface area (Å²) in [7, 11) is 0. The third-order valence-electron chi connectivity index (χ3n) is 11.3. The molecule has 0 heterocycles. The van der Waals surface area contributed by atoms with Crippen LogP contribution in [0.25, 0.3) is 0 Å². The van der Waals surface area contributed by atoms with Gasteiger partial charge >= 0.3 is 17.9 Å². The molecule has 79 heavy (non-hydrogen) atoms. The minimum absolute atomic E-state index is 0.0474. The largest absolute Gasteiger partial charge is 0.481 e. The van der Waals surface area contributed by atoms with E-state index in [0.29, 0.717) is 32.2 Å². The molecule has 0 radical (unpaired) electrons. The number of carboxylic acid groups (broad SMARTS) is 3. The number of rotatable bonds is 59. The fraction of sp³-hybridized carbons (Fsp3) is 0.824. The molecule has 0 aliphatic carbocycles. The number of hydrazine groups is 1. The van der Waals surface area contributed by atoms with E-state index in [1.165, 1.54) is 6.42 Å². The first-order chi connectivity index (χ1) is 38.2. The van der Waals surface area contributed by atoms with Crippen LogP contribution in [-0.2, 0) is 81.0 Å². The van der Waals surface area contributed by atoms with Crippen LogP contribution >= 0.6 is 0 Å². The lowest BCUT2D eigenvalue weighted by Crippen LogP contribution is -2.41. The molecule has 12 N–H and O–H groups in total. The highest BCUT2D eigenvalue weighted by Crippen LogP contribution is 2.13. The molecule has 0 aromatic heterocycles. The molecule has 0 unspecified atom stereocenters. The summed E-state index contributed by atoms with van der Waals surface area (Å²) < 4.78 is 42.6. The molecule has 0 saturated heterocycles. The van der Waals surface area contributed by atoms with Crippen LogP contribution in [0.5, 0.6) is 0 Å². The predicted octanol–water partition coefficient (Wildman–Crippen LogP) is -0.317. The Hall–Kier alpha value is -5.17. The summed E-state index contributed by atoms with van der Waals surface area (Å²) in [6.45, 7) is 3.00. The minimum atomic E-state index is -1.20. The first kappa shape index (κ1) is 73.8. The number of hydrogen-bond acceptors (Lipinski definition) is 19. The minimum Gasteiger partial charge on any atom is -0.481 e. The van der Waals surface area contributed by atoms with Crippen LogP contribution in [0.3, 0.4) is 0 Å². The van der Waals surface area contributed by atoms with Crippen molar-refractivity contribution in [1.82, 2.24) is 37.3 Å². The average molecular weight is 1140 g/mol. The molecule has 0 fully saturated rings. The maximum Gasteiger partial charge on any atom is 0.326 e. The number of hydrogen-bond donors (Lipinski definition) is 11. The van der Waals surface area contributed by atoms with E-state index in [2.05, 4.69) is 37.3 Å². The molecule has 28 heteroatoms. The number of nitrogens with two attached hydrogens (primary N) is 1. The summed E-state index contributed by atoms with van der Waals surface area (Å²) in [6.07, 6.45) is 14.0. The Morgan fingerprint density at radius 2 is 0.646 bits per heavy atom. The number of carboxylic acids is 3. The van der Waals surface area contributed by atoms with E-state index in [1.807, 2.05) is 0 Å². The standard InChI is InChI=1S/C51H94N8O20/c52-59-42(51(70)71)15-13-14-20-53-45(62)37-76-33-30-73-26-22-55-47(64)39-78-35-32-75-28-24-57-48(65)40-79-36-31-74-27-23-56-46(63)38-77-34-29-72-25-21-54-43(60)19-18-41(50(68)69)58-44(61)16-11-9-7-5-3-1-2-4-6-8-10-12-17-49(66)67/h41-42,59H,1-40,52H2,(H,53,62)(H,54,60)(H,55,64)(H,56,63)(H,57,65)(H,58,61)(H,66,67)(H,68,69)(H,70,71)/t41-,42-/m0/s1. The number of unbranched alkanes of at least 4 members (excludes halogenated alkanes) is 12. The van der Waals surface area contributed by atoms with Crippen LogP contribution in [0.2, 0.25) is 0 Å². The van der Waals surface area contributed by atoms with Crippen molar-refractivity contribution in [3.05, 3.63) is 0 Å². The van der Waals surface area contributed by atoms with E-state index in [0.717, 1.165) is 64.2 Å². The molecule has 0 aromatic carbocycles. The Labute approximate surface area is 464 Å². The van der Waals surface area contributed by atoms with Crippen LogP contribution in [0.15, 0.2) is 0 Å². The van der Waals surface area contributed by atoms with Crippen molar-refractivity contribution in [2.45, 2.75) is 134 Å². The van der Waals surface area contributed by atoms with Crippen molar-refractivity contribution in [3.63, 3.8) is 0 Å². The molecule has 0 aliphatic rings. The Morgan fingerprint density at radius 3 is 1.00 bits per heavy atom. The van der Waals surface area contributed by atoms with E-state index in [9.17, 15) is 48.3 Å². The van der Waals surface area contributed by atoms with Crippen LogP contribution in [-0.4, -0.2) is 219 Å². The number of aliphatic carboxylic acids is 3. The second-order valence-corrected chi connectivity index (χ2v) is 18.1. The molecule has 28 nitrogen and oxygen atoms in total. The molecule has 0 saturated carbocycles. The lowest BCUT2D eigenvalue weighted by atomic mass is 10.0. The zero-order valence-corrected chi connectivity index (χ0v) is 46.3. The molecular formula is C51H94N8O20. The third kappa shape index (κ3) is 53.3. The van der Waals surface area contributed by atoms with Gasteiger partial charge in [-0.05, 0) is 38.5 Å². The summed E-state index contributed by atoms with van der Waals surface area (Å²) in [5.74, 6) is 0.171. The van der Waals surface area contributed by atoms with Crippen LogP contribution in [0.4, 0.5) is 0 Å². The quantitative estimate of drug-likeness (QED) is 0.0211. The van der Waals surface area contributed by atoms with E-state index < -0.39 is 30.0 Å². The van der Waals surface area contributed by atoms with Crippen molar-refractivity contribution in [3.8, 4) is 0 Å². The zero-order valence-electron chi connectivity index (χ0n) is 46.3. The topological polar surface area (TPSA) is 398 Å². The van der Waals surface area contributed by atoms with Gasteiger partial charge < -0.3 is 85.1 Å². The van der Waals surface area contributed by atoms with Crippen LogP contribution < -0.4 is 43.2 Å². The first-order valence-electron chi connectivity index (χ1n) is 27.6. The van der Waals surface area contributed by atoms with Crippen molar-refractivity contribution in [1.29, 1.82) is 0 Å². The third-order valence-corrected chi connectivity index (χ3v) is 11.3. The molecule has 2 atom stereocenters. The van der Waals surface area contributed by atoms with Gasteiger partial charge in [-0.25, -0.2) is 10.2 Å². The number of ether oxygens (including phenoxy) is 8. The molecule has 458 valence electrons. The molecule has 0 aromatic rings. The monoisotopic (exact) mass is 1140 g/mol. The fourth-order valence-corrected chi connectivity index (χ4v) is 6.99. The van der Waals surface area contributed by atoms with Gasteiger partial charge in [-0.2, -0.15) is 0 Å². The van der Waals surface area contributed by atoms with E-state index in [-0.39, 0.29) is 193 Å². The molecule has 0 bridgehead atoms. The summed E-state index contributed by atoms with van der Waals surface area (Å²) in [6, 6.07) is -1.98.